The Labute approximate surface area is 121 Å². The third-order valence-corrected chi connectivity index (χ3v) is 4.79. The van der Waals surface area contributed by atoms with Crippen molar-refractivity contribution < 1.29 is 0 Å². The predicted octanol–water partition coefficient (Wildman–Crippen LogP) is 3.85. The highest BCUT2D eigenvalue weighted by molar-refractivity contribution is 6.30. The van der Waals surface area contributed by atoms with Gasteiger partial charge in [-0.1, -0.05) is 30.7 Å². The third-order valence-electron chi connectivity index (χ3n) is 4.53. The third kappa shape index (κ3) is 3.31. The molecule has 2 rings (SSSR count). The summed E-state index contributed by atoms with van der Waals surface area (Å²) in [5, 5.41) is 0.803. The van der Waals surface area contributed by atoms with Crippen LogP contribution >= 0.6 is 11.6 Å². The first kappa shape index (κ1) is 14.8. The minimum atomic E-state index is 0.299. The summed E-state index contributed by atoms with van der Waals surface area (Å²) in [5.74, 6) is 0. The van der Waals surface area contributed by atoms with Gasteiger partial charge in [-0.25, -0.2) is 0 Å². The van der Waals surface area contributed by atoms with E-state index in [4.69, 9.17) is 17.3 Å². The van der Waals surface area contributed by atoms with Crippen molar-refractivity contribution in [3.05, 3.63) is 34.9 Å². The van der Waals surface area contributed by atoms with Crippen molar-refractivity contribution in [3.8, 4) is 0 Å². The Morgan fingerprint density at radius 3 is 2.21 bits per heavy atom. The van der Waals surface area contributed by atoms with E-state index in [1.54, 1.807) is 0 Å². The molecule has 0 saturated heterocycles. The van der Waals surface area contributed by atoms with Crippen molar-refractivity contribution in [1.29, 1.82) is 0 Å². The van der Waals surface area contributed by atoms with Gasteiger partial charge >= 0.3 is 0 Å². The number of hydrogen-bond acceptors (Lipinski definition) is 2. The van der Waals surface area contributed by atoms with Crippen LogP contribution in [0.3, 0.4) is 0 Å². The van der Waals surface area contributed by atoms with Crippen LogP contribution in [0.2, 0.25) is 5.02 Å². The minimum Gasteiger partial charge on any atom is -0.328 e. The van der Waals surface area contributed by atoms with Crippen LogP contribution in [-0.4, -0.2) is 25.0 Å². The fourth-order valence-corrected chi connectivity index (χ4v) is 3.67. The standard InChI is InChI=1S/C16H25ClN2/c1-16(10-8-14(18)9-11-16)15(19(2)3)12-4-6-13(17)7-5-12/h4-7,14-15H,8-11,18H2,1-3H3. The Balaban J connectivity index is 2.27. The summed E-state index contributed by atoms with van der Waals surface area (Å²) in [4.78, 5) is 2.33. The molecule has 3 heteroatoms. The van der Waals surface area contributed by atoms with E-state index in [0.717, 1.165) is 17.9 Å². The molecule has 1 aliphatic carbocycles. The number of nitrogens with zero attached hydrogens (tertiary/aromatic N) is 1. The van der Waals surface area contributed by atoms with Crippen molar-refractivity contribution in [2.45, 2.75) is 44.7 Å². The van der Waals surface area contributed by atoms with Crippen molar-refractivity contribution in [3.63, 3.8) is 0 Å². The molecule has 0 radical (unpaired) electrons. The molecule has 0 bridgehead atoms. The van der Waals surface area contributed by atoms with E-state index in [9.17, 15) is 0 Å². The van der Waals surface area contributed by atoms with Crippen LogP contribution in [0.15, 0.2) is 24.3 Å². The van der Waals surface area contributed by atoms with Gasteiger partial charge in [-0.2, -0.15) is 0 Å². The number of rotatable bonds is 3. The number of halogens is 1. The SMILES string of the molecule is CN(C)C(c1ccc(Cl)cc1)C1(C)CCC(N)CC1. The second kappa shape index (κ2) is 5.82. The Bertz CT molecular complexity index is 405. The molecule has 1 aromatic carbocycles. The van der Waals surface area contributed by atoms with Gasteiger partial charge < -0.3 is 10.6 Å². The lowest BCUT2D eigenvalue weighted by atomic mass is 9.67. The summed E-state index contributed by atoms with van der Waals surface area (Å²) in [7, 11) is 4.33. The van der Waals surface area contributed by atoms with E-state index in [1.807, 2.05) is 12.1 Å². The highest BCUT2D eigenvalue weighted by Gasteiger charge is 2.39. The van der Waals surface area contributed by atoms with E-state index in [1.165, 1.54) is 18.4 Å². The lowest BCUT2D eigenvalue weighted by Gasteiger charge is -2.45. The van der Waals surface area contributed by atoms with Crippen molar-refractivity contribution >= 4 is 11.6 Å². The predicted molar refractivity (Wildman–Crippen MR) is 82.4 cm³/mol. The summed E-state index contributed by atoms with van der Waals surface area (Å²) in [6, 6.07) is 9.12. The fraction of sp³-hybridized carbons (Fsp3) is 0.625. The van der Waals surface area contributed by atoms with Gasteiger partial charge in [-0.3, -0.25) is 0 Å². The zero-order valence-corrected chi connectivity index (χ0v) is 13.0. The zero-order chi connectivity index (χ0) is 14.0. The van der Waals surface area contributed by atoms with E-state index < -0.39 is 0 Å². The minimum absolute atomic E-state index is 0.299. The molecule has 1 fully saturated rings. The number of hydrogen-bond donors (Lipinski definition) is 1. The molecule has 0 amide bonds. The molecule has 0 spiro atoms. The van der Waals surface area contributed by atoms with Crippen LogP contribution in [0.1, 0.15) is 44.2 Å². The Kier molecular flexibility index (Phi) is 4.54. The highest BCUT2D eigenvalue weighted by Crippen LogP contribution is 2.47. The van der Waals surface area contributed by atoms with Gasteiger partial charge in [0, 0.05) is 17.1 Å². The normalized spacial score (nSPS) is 29.5. The Morgan fingerprint density at radius 2 is 1.74 bits per heavy atom. The second-order valence-corrected chi connectivity index (χ2v) is 6.85. The quantitative estimate of drug-likeness (QED) is 0.911. The van der Waals surface area contributed by atoms with Crippen LogP contribution in [0.5, 0.6) is 0 Å². The van der Waals surface area contributed by atoms with Crippen molar-refractivity contribution in [2.24, 2.45) is 11.1 Å². The maximum absolute atomic E-state index is 6.06. The van der Waals surface area contributed by atoms with E-state index in [-0.39, 0.29) is 0 Å². The topological polar surface area (TPSA) is 29.3 Å². The molecule has 1 unspecified atom stereocenters. The van der Waals surface area contributed by atoms with Gasteiger partial charge in [0.25, 0.3) is 0 Å². The van der Waals surface area contributed by atoms with Crippen LogP contribution < -0.4 is 5.73 Å². The second-order valence-electron chi connectivity index (χ2n) is 6.41. The number of benzene rings is 1. The first-order valence-corrected chi connectivity index (χ1v) is 7.48. The summed E-state index contributed by atoms with van der Waals surface area (Å²) in [6.07, 6.45) is 4.65. The van der Waals surface area contributed by atoms with E-state index >= 15 is 0 Å². The molecule has 1 atom stereocenters. The molecule has 0 aromatic heterocycles. The van der Waals surface area contributed by atoms with Crippen LogP contribution in [0, 0.1) is 5.41 Å². The van der Waals surface area contributed by atoms with E-state index in [0.29, 0.717) is 17.5 Å². The maximum atomic E-state index is 6.06. The lowest BCUT2D eigenvalue weighted by Crippen LogP contribution is -2.41. The molecule has 2 nitrogen and oxygen atoms in total. The van der Waals surface area contributed by atoms with Gasteiger partial charge in [0.2, 0.25) is 0 Å². The maximum Gasteiger partial charge on any atom is 0.0406 e. The van der Waals surface area contributed by atoms with Gasteiger partial charge in [0.05, 0.1) is 0 Å². The molecule has 2 N–H and O–H groups in total. The van der Waals surface area contributed by atoms with Gasteiger partial charge in [0.15, 0.2) is 0 Å². The summed E-state index contributed by atoms with van der Waals surface area (Å²) in [5.41, 5.74) is 7.71. The molecule has 106 valence electrons. The Morgan fingerprint density at radius 1 is 1.21 bits per heavy atom. The molecule has 0 aliphatic heterocycles. The van der Waals surface area contributed by atoms with Crippen LogP contribution in [-0.2, 0) is 0 Å². The molecule has 1 saturated carbocycles. The van der Waals surface area contributed by atoms with Gasteiger partial charge in [0.1, 0.15) is 0 Å². The molecule has 0 heterocycles. The molecular formula is C16H25ClN2. The smallest absolute Gasteiger partial charge is 0.0406 e. The van der Waals surface area contributed by atoms with Gasteiger partial charge in [-0.05, 0) is 62.9 Å². The average molecular weight is 281 g/mol. The molecule has 19 heavy (non-hydrogen) atoms. The van der Waals surface area contributed by atoms with Gasteiger partial charge in [-0.15, -0.1) is 0 Å². The summed E-state index contributed by atoms with van der Waals surface area (Å²) >= 11 is 6.01. The van der Waals surface area contributed by atoms with Crippen LogP contribution in [0.4, 0.5) is 0 Å². The first-order chi connectivity index (χ1) is 8.92. The highest BCUT2D eigenvalue weighted by atomic mass is 35.5. The monoisotopic (exact) mass is 280 g/mol. The lowest BCUT2D eigenvalue weighted by molar-refractivity contribution is 0.0701. The Hall–Kier alpha value is -0.570. The van der Waals surface area contributed by atoms with Crippen molar-refractivity contribution in [2.75, 3.05) is 14.1 Å². The molecular weight excluding hydrogens is 256 g/mol. The first-order valence-electron chi connectivity index (χ1n) is 7.10. The average Bonchev–Trinajstić information content (AvgIpc) is 2.36. The summed E-state index contributed by atoms with van der Waals surface area (Å²) in [6.45, 7) is 2.40. The molecule has 1 aromatic rings. The van der Waals surface area contributed by atoms with E-state index in [2.05, 4.69) is 38.1 Å². The number of nitrogens with two attached hydrogens (primary N) is 1. The van der Waals surface area contributed by atoms with Crippen molar-refractivity contribution in [1.82, 2.24) is 4.90 Å². The molecule has 1 aliphatic rings. The summed E-state index contributed by atoms with van der Waals surface area (Å²) < 4.78 is 0. The fourth-order valence-electron chi connectivity index (χ4n) is 3.54. The zero-order valence-electron chi connectivity index (χ0n) is 12.2. The largest absolute Gasteiger partial charge is 0.328 e. The van der Waals surface area contributed by atoms with Crippen LogP contribution in [0.25, 0.3) is 0 Å².